The van der Waals surface area contributed by atoms with Crippen molar-refractivity contribution in [2.75, 3.05) is 19.0 Å². The number of alkyl halides is 1. The van der Waals surface area contributed by atoms with Gasteiger partial charge in [0.2, 0.25) is 0 Å². The monoisotopic (exact) mass is 2030 g/mol. The summed E-state index contributed by atoms with van der Waals surface area (Å²) in [6.45, 7) is 57.1. The van der Waals surface area contributed by atoms with E-state index in [9.17, 15) is 53.1 Å². The number of hydroxylamine groups is 2. The summed E-state index contributed by atoms with van der Waals surface area (Å²) in [6.07, 6.45) is 63.2. The standard InChI is InChI=1S/C17H28O4.C16H26O4.C13H17NO5.2C10H16O2.3C8H14O.C7H13Br.C7H13.C3H6O2.CH4.BrH.Mg.H2/c1-6-7-8-9-12-10-14(12)21-15(18)11-13(16(19)20-5)17(2,3)4;1-5-6-7-8-11-9-13(11)20-14(17)10-12(15(18)19)16(2,3)4;1-2-3-4-5-9-8-10(9)18-13(17)19-14-11(15)6-7-12(14)16;2*1-3-4-5-6-9-7-10(9)12-8(2)11;3*1-2-3-4-5-7-6-8(7)9;1-2-3-4-5-6-7-8;1-3-5-7-6-4-2;1-2-5-3-4;;;;/h6,12-14H,1,7-11H2,2-5H3;5,11-13H,1,6-10H2,2-4H3,(H,18,19);2,9-10H,1,3-8H2;2*3,9-10H,1,4-7H2,2H3;3*2,7-9H,1,3-6H2;2H,1,3-7H2;3H,1-2,4-7H2;3H,2H2,1H3;1H4;1H;;1H/q;;;;;;;;;-1;;;;+2;/p-1/t12-,13-,14-;11-,12-,13-;3*9-,10-;3*7-,8-;;;;;;;/m11110110......./s1/i;;;;;;;;;;;;;;1+1. The van der Waals surface area contributed by atoms with Crippen molar-refractivity contribution in [3.05, 3.63) is 133 Å². The van der Waals surface area contributed by atoms with Crippen LogP contribution in [0.15, 0.2) is 127 Å². The SMILES string of the molecule is C.C=CCCCCCBr.C=CCCCC[CH2-].C=CCCC[C@@H]1C[C@H]1O.C=CCCC[C@@H]1C[C@H]1O.C=CCCC[C@@H]1C[C@H]1OC(=O)C[C@H](C(=O)O)C(C)(C)C.C=CCCC[C@@H]1C[C@H]1OC(=O)C[C@H](C(=O)OC)C(C)(C)C.C=CCCC[C@@H]1C[C@H]1OC(=O)ON1C(=O)CCC1=O.C=CCCC[C@@H]1C[C@H]1OC(C)=O.C=CCCC[C@H]1C[C@@H]1O.C=CCCC[C@H]1C[C@@H]1OC(C)=O.CCOC=O.[2HH].[Br-].[Mg+2]. The number of allylic oxidation sites excluding steroid dienone is 10. The molecule has 18 atom stereocenters. The van der Waals surface area contributed by atoms with E-state index in [-0.39, 0.29) is 159 Å². The van der Waals surface area contributed by atoms with E-state index in [1.165, 1.54) is 124 Å². The number of nitrogens with zero attached hydrogens (tertiary/aromatic N) is 1. The number of aliphatic hydroxyl groups is 3. The predicted molar refractivity (Wildman–Crippen MR) is 542 cm³/mol. The van der Waals surface area contributed by atoms with Crippen molar-refractivity contribution >= 4 is 99.2 Å². The van der Waals surface area contributed by atoms with Crippen LogP contribution in [0.1, 0.15) is 354 Å². The topological polar surface area (TPSA) is 329 Å². The molecule has 9 rings (SSSR count). The van der Waals surface area contributed by atoms with E-state index in [0.717, 1.165) is 159 Å². The van der Waals surface area contributed by atoms with Gasteiger partial charge in [0.1, 0.15) is 30.5 Å². The minimum Gasteiger partial charge on any atom is -1.00 e. The number of aliphatic carboxylic acids is 1. The molecule has 9 aliphatic rings. The van der Waals surface area contributed by atoms with Gasteiger partial charge in [-0.25, -0.2) is 4.79 Å². The minimum atomic E-state index is -0.972. The number of aliphatic hydroxyl groups excluding tert-OH is 3. The Hall–Kier alpha value is -6.29. The first-order chi connectivity index (χ1) is 62.4. The second-order valence-corrected chi connectivity index (χ2v) is 38.3. The van der Waals surface area contributed by atoms with Gasteiger partial charge in [0, 0.05) is 33.4 Å². The third-order valence-corrected chi connectivity index (χ3v) is 23.8. The van der Waals surface area contributed by atoms with E-state index < -0.39 is 41.2 Å². The van der Waals surface area contributed by atoms with Crippen molar-refractivity contribution in [3.8, 4) is 0 Å². The van der Waals surface area contributed by atoms with Crippen LogP contribution in [-0.4, -0.2) is 177 Å². The summed E-state index contributed by atoms with van der Waals surface area (Å²) in [5.74, 6) is 0.0292. The molecule has 0 aromatic carbocycles. The van der Waals surface area contributed by atoms with Gasteiger partial charge in [-0.15, -0.1) is 65.8 Å². The van der Waals surface area contributed by atoms with Crippen LogP contribution in [0.25, 0.3) is 0 Å². The van der Waals surface area contributed by atoms with Gasteiger partial charge in [-0.2, -0.15) is 6.42 Å². The van der Waals surface area contributed by atoms with Crippen LogP contribution in [0.2, 0.25) is 0 Å². The Bertz CT molecular complexity index is 3170. The number of ether oxygens (including phenoxy) is 7. The predicted octanol–water partition coefficient (Wildman–Crippen LogP) is 22.0. The van der Waals surface area contributed by atoms with Gasteiger partial charge in [0.15, 0.2) is 0 Å². The molecule has 26 heteroatoms. The molecule has 8 aliphatic carbocycles. The Balaban J connectivity index is -0.000000346. The number of methoxy groups -OCH3 is 1. The Morgan fingerprint density at radius 2 is 0.701 bits per heavy atom. The Morgan fingerprint density at radius 3 is 0.925 bits per heavy atom. The average Bonchev–Trinajstić information content (AvgIpc) is 1.59. The number of carboxylic acids is 1. The van der Waals surface area contributed by atoms with Crippen LogP contribution in [0, 0.1) is 76.9 Å². The number of esters is 5. The van der Waals surface area contributed by atoms with Gasteiger partial charge in [0.25, 0.3) is 18.3 Å². The van der Waals surface area contributed by atoms with Gasteiger partial charge in [0.05, 0.1) is 56.7 Å². The third-order valence-electron chi connectivity index (χ3n) is 23.2. The molecule has 9 fully saturated rings. The summed E-state index contributed by atoms with van der Waals surface area (Å²) < 4.78 is 34.9. The number of carbonyl (C=O) groups excluding carboxylic acids is 9. The van der Waals surface area contributed by atoms with E-state index in [4.69, 9.17) is 43.7 Å². The van der Waals surface area contributed by atoms with E-state index in [2.05, 4.69) is 98.2 Å². The van der Waals surface area contributed by atoms with E-state index in [0.29, 0.717) is 65.5 Å². The fourth-order valence-electron chi connectivity index (χ4n) is 14.0. The van der Waals surface area contributed by atoms with Crippen molar-refractivity contribution in [3.63, 3.8) is 0 Å². The number of hydrogen-bond acceptors (Lipinski definition) is 21. The number of carbonyl (C=O) groups is 10. The van der Waals surface area contributed by atoms with Gasteiger partial charge >= 0.3 is 65.0 Å². The van der Waals surface area contributed by atoms with Crippen LogP contribution in [0.4, 0.5) is 4.79 Å². The number of imide groups is 1. The van der Waals surface area contributed by atoms with Crippen LogP contribution in [0.5, 0.6) is 0 Å². The molecular formula is C108H183Br2MgNO22. The molecule has 2 amide bonds. The Labute approximate surface area is 846 Å². The maximum Gasteiger partial charge on any atom is 2.00 e. The van der Waals surface area contributed by atoms with Gasteiger partial charge in [-0.1, -0.05) is 150 Å². The zero-order chi connectivity index (χ0) is 99.1. The van der Waals surface area contributed by atoms with Gasteiger partial charge in [-0.3, -0.25) is 48.0 Å². The number of rotatable bonds is 55. The number of halogens is 2. The first-order valence-electron chi connectivity index (χ1n) is 48.7. The molecule has 768 valence electrons. The van der Waals surface area contributed by atoms with E-state index >= 15 is 0 Å². The molecule has 23 nitrogen and oxygen atoms in total. The summed E-state index contributed by atoms with van der Waals surface area (Å²) in [7, 11) is 1.35. The van der Waals surface area contributed by atoms with Crippen molar-refractivity contribution < 1.29 is 125 Å². The summed E-state index contributed by atoms with van der Waals surface area (Å²) in [4.78, 5) is 116. The van der Waals surface area contributed by atoms with E-state index in [1.54, 1.807) is 6.92 Å². The average molecular weight is 2030 g/mol. The summed E-state index contributed by atoms with van der Waals surface area (Å²) in [6, 6.07) is 0. The maximum atomic E-state index is 12.0. The molecule has 0 bridgehead atoms. The van der Waals surface area contributed by atoms with Crippen LogP contribution >= 0.6 is 15.9 Å². The largest absolute Gasteiger partial charge is 2.00 e. The Kier molecular flexibility index (Phi) is 85.0. The molecule has 1 saturated heterocycles. The molecule has 134 heavy (non-hydrogen) atoms. The zero-order valence-electron chi connectivity index (χ0n) is 83.6. The first-order valence-corrected chi connectivity index (χ1v) is 49.9. The number of hydrogen-bond donors (Lipinski definition) is 4. The molecule has 0 unspecified atom stereocenters. The van der Waals surface area contributed by atoms with Gasteiger partial charge < -0.3 is 77.5 Å². The number of carboxylic acid groups (broad SMARTS) is 1. The van der Waals surface area contributed by atoms with Crippen LogP contribution < -0.4 is 17.0 Å². The summed E-state index contributed by atoms with van der Waals surface area (Å²) in [5, 5.41) is 37.5. The molecule has 0 aromatic heterocycles. The van der Waals surface area contributed by atoms with E-state index in [1.807, 2.05) is 102 Å². The number of unbranched alkanes of at least 4 members (excludes halogenated alkanes) is 14. The fourth-order valence-corrected chi connectivity index (χ4v) is 14.4. The number of amides is 2. The molecule has 0 spiro atoms. The molecule has 0 aromatic rings. The molecule has 8 saturated carbocycles. The van der Waals surface area contributed by atoms with Crippen molar-refractivity contribution in [1.29, 1.82) is 0 Å². The summed E-state index contributed by atoms with van der Waals surface area (Å²) >= 11 is 3.38. The molecule has 4 N–H and O–H groups in total. The third kappa shape index (κ3) is 76.6. The maximum absolute atomic E-state index is 12.0. The second kappa shape index (κ2) is 83.7. The van der Waals surface area contributed by atoms with Crippen molar-refractivity contribution in [2.24, 2.45) is 70.0 Å². The van der Waals surface area contributed by atoms with Crippen LogP contribution in [-0.2, 0) is 81.1 Å². The van der Waals surface area contributed by atoms with Crippen molar-refractivity contribution in [1.82, 2.24) is 5.06 Å². The molecule has 1 aliphatic heterocycles. The minimum absolute atomic E-state index is 0. The normalized spacial score (nSPS) is 23.0. The van der Waals surface area contributed by atoms with Gasteiger partial charge in [-0.05, 0) is 296 Å². The smallest absolute Gasteiger partial charge is 1.00 e. The first kappa shape index (κ1) is 136. The summed E-state index contributed by atoms with van der Waals surface area (Å²) in [5.41, 5.74) is -0.767. The van der Waals surface area contributed by atoms with Crippen LogP contribution in [0.3, 0.4) is 0 Å². The molecule has 0 radical (unpaired) electrons. The molecule has 1 heterocycles. The Morgan fingerprint density at radius 1 is 0.440 bits per heavy atom. The quantitative estimate of drug-likeness (QED) is 0.00506. The van der Waals surface area contributed by atoms with Crippen molar-refractivity contribution in [2.45, 2.75) is 401 Å². The second-order valence-electron chi connectivity index (χ2n) is 37.5. The zero-order valence-corrected chi connectivity index (χ0v) is 88.2. The molecular weight excluding hydrogens is 1850 g/mol. The fraction of sp³-hybridized carbons (Fsp3) is 0.713.